The van der Waals surface area contributed by atoms with Gasteiger partial charge in [0, 0.05) is 16.7 Å². The minimum absolute atomic E-state index is 0.420. The first-order valence-electron chi connectivity index (χ1n) is 4.87. The number of benzene rings is 1. The Labute approximate surface area is 105 Å². The quantitative estimate of drug-likeness (QED) is 0.872. The zero-order chi connectivity index (χ0) is 12.2. The lowest BCUT2D eigenvalue weighted by atomic mass is 10.3. The van der Waals surface area contributed by atoms with Crippen molar-refractivity contribution in [3.8, 4) is 0 Å². The summed E-state index contributed by atoms with van der Waals surface area (Å²) in [6, 6.07) is 7.07. The molecule has 0 spiro atoms. The highest BCUT2D eigenvalue weighted by molar-refractivity contribution is 9.10. The van der Waals surface area contributed by atoms with Gasteiger partial charge in [-0.1, -0.05) is 22.0 Å². The van der Waals surface area contributed by atoms with Gasteiger partial charge in [-0.05, 0) is 32.2 Å². The third kappa shape index (κ3) is 3.77. The van der Waals surface area contributed by atoms with Crippen LogP contribution in [-0.2, 0) is 10.0 Å². The molecular weight excluding hydrogens is 292 g/mol. The molecule has 6 heteroatoms. The zero-order valence-corrected chi connectivity index (χ0v) is 11.6. The minimum Gasteiger partial charge on any atom is -0.318 e. The number of hydrogen-bond acceptors (Lipinski definition) is 3. The highest BCUT2D eigenvalue weighted by Crippen LogP contribution is 2.17. The molecule has 0 radical (unpaired) electrons. The van der Waals surface area contributed by atoms with E-state index in [2.05, 4.69) is 26.0 Å². The van der Waals surface area contributed by atoms with Crippen molar-refractivity contribution in [3.05, 3.63) is 28.7 Å². The molecule has 0 saturated heterocycles. The maximum absolute atomic E-state index is 11.8. The van der Waals surface area contributed by atoms with Gasteiger partial charge in [-0.15, -0.1) is 0 Å². The molecular formula is C10H15BrN2O2S. The van der Waals surface area contributed by atoms with Gasteiger partial charge in [0.25, 0.3) is 0 Å². The molecule has 0 aliphatic heterocycles. The molecule has 0 heterocycles. The van der Waals surface area contributed by atoms with E-state index in [1.165, 1.54) is 0 Å². The molecule has 1 unspecified atom stereocenters. The predicted octanol–water partition coefficient (Wildman–Crippen LogP) is 1.80. The van der Waals surface area contributed by atoms with Crippen LogP contribution >= 0.6 is 15.9 Å². The van der Waals surface area contributed by atoms with Crippen molar-refractivity contribution < 1.29 is 8.42 Å². The van der Waals surface area contributed by atoms with Gasteiger partial charge in [-0.3, -0.25) is 4.72 Å². The molecule has 1 rings (SSSR count). The summed E-state index contributed by atoms with van der Waals surface area (Å²) in [6.45, 7) is 2.08. The van der Waals surface area contributed by atoms with Gasteiger partial charge >= 0.3 is 0 Å². The second kappa shape index (κ2) is 5.65. The molecule has 1 aromatic rings. The van der Waals surface area contributed by atoms with Gasteiger partial charge in [-0.2, -0.15) is 0 Å². The average molecular weight is 307 g/mol. The Bertz CT molecular complexity index is 448. The Hall–Kier alpha value is -0.590. The highest BCUT2D eigenvalue weighted by atomic mass is 79.9. The largest absolute Gasteiger partial charge is 0.318 e. The third-order valence-electron chi connectivity index (χ3n) is 2.11. The van der Waals surface area contributed by atoms with E-state index in [4.69, 9.17) is 0 Å². The molecule has 0 aliphatic rings. The second-order valence-electron chi connectivity index (χ2n) is 3.53. The molecule has 90 valence electrons. The van der Waals surface area contributed by atoms with Gasteiger partial charge < -0.3 is 5.32 Å². The first-order chi connectivity index (χ1) is 7.45. The first kappa shape index (κ1) is 13.5. The van der Waals surface area contributed by atoms with Gasteiger partial charge in [0.05, 0.1) is 5.25 Å². The maximum atomic E-state index is 11.8. The first-order valence-corrected chi connectivity index (χ1v) is 7.21. The summed E-state index contributed by atoms with van der Waals surface area (Å²) in [6.07, 6.45) is 0. The standard InChI is InChI=1S/C10H15BrN2O2S/c1-8(7-12-2)16(14,15)13-10-5-3-4-9(11)6-10/h3-6,8,12-13H,7H2,1-2H3. The molecule has 16 heavy (non-hydrogen) atoms. The van der Waals surface area contributed by atoms with Crippen LogP contribution in [0, 0.1) is 0 Å². The molecule has 0 fully saturated rings. The fourth-order valence-electron chi connectivity index (χ4n) is 1.21. The van der Waals surface area contributed by atoms with Crippen LogP contribution in [0.1, 0.15) is 6.92 Å². The van der Waals surface area contributed by atoms with Gasteiger partial charge in [-0.25, -0.2) is 8.42 Å². The fraction of sp³-hybridized carbons (Fsp3) is 0.400. The minimum atomic E-state index is -3.33. The number of halogens is 1. The second-order valence-corrected chi connectivity index (χ2v) is 6.54. The molecule has 0 bridgehead atoms. The van der Waals surface area contributed by atoms with E-state index in [1.807, 2.05) is 6.07 Å². The van der Waals surface area contributed by atoms with Crippen molar-refractivity contribution in [3.63, 3.8) is 0 Å². The van der Waals surface area contributed by atoms with Gasteiger partial charge in [0.15, 0.2) is 0 Å². The summed E-state index contributed by atoms with van der Waals surface area (Å²) < 4.78 is 27.1. The van der Waals surface area contributed by atoms with E-state index in [1.54, 1.807) is 32.2 Å². The zero-order valence-electron chi connectivity index (χ0n) is 9.20. The number of anilines is 1. The van der Waals surface area contributed by atoms with Crippen LogP contribution < -0.4 is 10.0 Å². The number of sulfonamides is 1. The number of nitrogens with one attached hydrogen (secondary N) is 2. The smallest absolute Gasteiger partial charge is 0.236 e. The van der Waals surface area contributed by atoms with Crippen molar-refractivity contribution in [2.75, 3.05) is 18.3 Å². The summed E-state index contributed by atoms with van der Waals surface area (Å²) in [7, 11) is -1.60. The van der Waals surface area contributed by atoms with Gasteiger partial charge in [0.1, 0.15) is 0 Å². The Morgan fingerprint density at radius 2 is 2.12 bits per heavy atom. The lowest BCUT2D eigenvalue weighted by Crippen LogP contribution is -2.33. The number of rotatable bonds is 5. The lowest BCUT2D eigenvalue weighted by Gasteiger charge is -2.14. The predicted molar refractivity (Wildman–Crippen MR) is 70.1 cm³/mol. The molecule has 2 N–H and O–H groups in total. The SMILES string of the molecule is CNCC(C)S(=O)(=O)Nc1cccc(Br)c1. The molecule has 0 aliphatic carbocycles. The maximum Gasteiger partial charge on any atom is 0.236 e. The summed E-state index contributed by atoms with van der Waals surface area (Å²) in [5, 5.41) is 2.37. The molecule has 1 atom stereocenters. The van der Waals surface area contributed by atoms with Crippen molar-refractivity contribution >= 4 is 31.6 Å². The van der Waals surface area contributed by atoms with E-state index in [9.17, 15) is 8.42 Å². The van der Waals surface area contributed by atoms with E-state index in [0.29, 0.717) is 12.2 Å². The van der Waals surface area contributed by atoms with Crippen molar-refractivity contribution in [1.29, 1.82) is 0 Å². The van der Waals surface area contributed by atoms with E-state index >= 15 is 0 Å². The van der Waals surface area contributed by atoms with Crippen LogP contribution in [0.4, 0.5) is 5.69 Å². The normalized spacial score (nSPS) is 13.4. The Kier molecular flexibility index (Phi) is 4.76. The summed E-state index contributed by atoms with van der Waals surface area (Å²) in [4.78, 5) is 0. The van der Waals surface area contributed by atoms with Crippen molar-refractivity contribution in [2.45, 2.75) is 12.2 Å². The highest BCUT2D eigenvalue weighted by Gasteiger charge is 2.19. The molecule has 1 aromatic carbocycles. The molecule has 0 aromatic heterocycles. The topological polar surface area (TPSA) is 58.2 Å². The lowest BCUT2D eigenvalue weighted by molar-refractivity contribution is 0.584. The van der Waals surface area contributed by atoms with Crippen LogP contribution in [0.5, 0.6) is 0 Å². The van der Waals surface area contributed by atoms with E-state index in [0.717, 1.165) is 4.47 Å². The Morgan fingerprint density at radius 1 is 1.44 bits per heavy atom. The summed E-state index contributed by atoms with van der Waals surface area (Å²) in [5.74, 6) is 0. The number of hydrogen-bond donors (Lipinski definition) is 2. The van der Waals surface area contributed by atoms with Gasteiger partial charge in [0.2, 0.25) is 10.0 Å². The average Bonchev–Trinajstić information content (AvgIpc) is 2.17. The monoisotopic (exact) mass is 306 g/mol. The molecule has 0 amide bonds. The Balaban J connectivity index is 2.80. The van der Waals surface area contributed by atoms with Crippen LogP contribution in [0.25, 0.3) is 0 Å². The van der Waals surface area contributed by atoms with Crippen LogP contribution in [0.3, 0.4) is 0 Å². The summed E-state index contributed by atoms with van der Waals surface area (Å²) in [5.41, 5.74) is 0.567. The van der Waals surface area contributed by atoms with Crippen molar-refractivity contribution in [1.82, 2.24) is 5.32 Å². The molecule has 0 saturated carbocycles. The van der Waals surface area contributed by atoms with Crippen LogP contribution in [0.15, 0.2) is 28.7 Å². The van der Waals surface area contributed by atoms with E-state index in [-0.39, 0.29) is 0 Å². The molecule has 4 nitrogen and oxygen atoms in total. The van der Waals surface area contributed by atoms with Crippen LogP contribution in [-0.4, -0.2) is 27.3 Å². The van der Waals surface area contributed by atoms with Crippen molar-refractivity contribution in [2.24, 2.45) is 0 Å². The van der Waals surface area contributed by atoms with E-state index < -0.39 is 15.3 Å². The summed E-state index contributed by atoms with van der Waals surface area (Å²) >= 11 is 3.29. The fourth-order valence-corrected chi connectivity index (χ4v) is 2.66. The third-order valence-corrected chi connectivity index (χ3v) is 4.35. The van der Waals surface area contributed by atoms with Crippen LogP contribution in [0.2, 0.25) is 0 Å². The Morgan fingerprint density at radius 3 is 2.69 bits per heavy atom.